The highest BCUT2D eigenvalue weighted by atomic mass is 16.5. The molecule has 0 saturated carbocycles. The smallest absolute Gasteiger partial charge is 0.0701 e. The zero-order valence-electron chi connectivity index (χ0n) is 9.28. The van der Waals surface area contributed by atoms with Crippen LogP contribution in [0.15, 0.2) is 30.3 Å². The Bertz CT molecular complexity index is 286. The third-order valence-corrected chi connectivity index (χ3v) is 3.19. The number of rotatable bonds is 2. The van der Waals surface area contributed by atoms with Gasteiger partial charge in [-0.2, -0.15) is 0 Å². The van der Waals surface area contributed by atoms with Gasteiger partial charge < -0.3 is 10.1 Å². The van der Waals surface area contributed by atoms with E-state index >= 15 is 0 Å². The summed E-state index contributed by atoms with van der Waals surface area (Å²) in [5.41, 5.74) is 1.45. The van der Waals surface area contributed by atoms with Crippen LogP contribution in [0.25, 0.3) is 0 Å². The molecule has 15 heavy (non-hydrogen) atoms. The summed E-state index contributed by atoms with van der Waals surface area (Å²) in [6.07, 6.45) is 2.70. The summed E-state index contributed by atoms with van der Waals surface area (Å²) in [6.45, 7) is 2.08. The topological polar surface area (TPSA) is 21.3 Å². The van der Waals surface area contributed by atoms with Gasteiger partial charge in [0, 0.05) is 13.7 Å². The Morgan fingerprint density at radius 3 is 2.80 bits per heavy atom. The first kappa shape index (κ1) is 10.7. The minimum Gasteiger partial charge on any atom is -0.380 e. The van der Waals surface area contributed by atoms with Crippen molar-refractivity contribution in [2.75, 3.05) is 20.2 Å². The molecule has 0 aliphatic carbocycles. The highest BCUT2D eigenvalue weighted by Crippen LogP contribution is 2.26. The fourth-order valence-corrected chi connectivity index (χ4v) is 2.27. The van der Waals surface area contributed by atoms with Gasteiger partial charge in [-0.1, -0.05) is 30.3 Å². The molecule has 82 valence electrons. The predicted molar refractivity (Wildman–Crippen MR) is 62.1 cm³/mol. The Kier molecular flexibility index (Phi) is 3.75. The average Bonchev–Trinajstić information content (AvgIpc) is 2.55. The molecule has 1 N–H and O–H groups in total. The summed E-state index contributed by atoms with van der Waals surface area (Å²) in [5.74, 6) is 0.645. The van der Waals surface area contributed by atoms with Crippen molar-refractivity contribution in [2.45, 2.75) is 24.9 Å². The molecular formula is C13H19NO. The second kappa shape index (κ2) is 5.29. The van der Waals surface area contributed by atoms with Gasteiger partial charge in [-0.15, -0.1) is 0 Å². The zero-order valence-corrected chi connectivity index (χ0v) is 9.28. The van der Waals surface area contributed by atoms with Crippen LogP contribution in [-0.4, -0.2) is 26.3 Å². The molecule has 1 aromatic carbocycles. The van der Waals surface area contributed by atoms with E-state index in [1.54, 1.807) is 7.11 Å². The highest BCUT2D eigenvalue weighted by Gasteiger charge is 2.20. The van der Waals surface area contributed by atoms with E-state index in [-0.39, 0.29) is 0 Å². The first-order chi connectivity index (χ1) is 7.40. The van der Waals surface area contributed by atoms with Crippen molar-refractivity contribution in [1.29, 1.82) is 0 Å². The lowest BCUT2D eigenvalue weighted by molar-refractivity contribution is 0.0950. The van der Waals surface area contributed by atoms with E-state index in [2.05, 4.69) is 35.6 Å². The summed E-state index contributed by atoms with van der Waals surface area (Å²) in [5, 5.41) is 3.42. The van der Waals surface area contributed by atoms with Gasteiger partial charge in [0.05, 0.1) is 6.10 Å². The van der Waals surface area contributed by atoms with Gasteiger partial charge in [0.2, 0.25) is 0 Å². The quantitative estimate of drug-likeness (QED) is 0.799. The van der Waals surface area contributed by atoms with Crippen LogP contribution < -0.4 is 5.32 Å². The van der Waals surface area contributed by atoms with Gasteiger partial charge in [0.1, 0.15) is 0 Å². The van der Waals surface area contributed by atoms with Gasteiger partial charge in [0.25, 0.3) is 0 Å². The Labute approximate surface area is 91.6 Å². The third kappa shape index (κ3) is 2.80. The Balaban J connectivity index is 2.07. The van der Waals surface area contributed by atoms with Crippen LogP contribution in [0.4, 0.5) is 0 Å². The van der Waals surface area contributed by atoms with Crippen LogP contribution in [0.2, 0.25) is 0 Å². The maximum atomic E-state index is 5.46. The molecule has 2 heteroatoms. The minimum absolute atomic E-state index is 0.359. The lowest BCUT2D eigenvalue weighted by Gasteiger charge is -2.18. The Hall–Kier alpha value is -0.860. The molecule has 0 amide bonds. The molecule has 2 rings (SSSR count). The van der Waals surface area contributed by atoms with Crippen LogP contribution in [0.3, 0.4) is 0 Å². The molecule has 0 spiro atoms. The van der Waals surface area contributed by atoms with Gasteiger partial charge in [-0.3, -0.25) is 0 Å². The van der Waals surface area contributed by atoms with E-state index in [0.717, 1.165) is 19.5 Å². The van der Waals surface area contributed by atoms with Gasteiger partial charge in [0.15, 0.2) is 0 Å². The van der Waals surface area contributed by atoms with E-state index < -0.39 is 0 Å². The molecule has 1 fully saturated rings. The summed E-state index contributed by atoms with van der Waals surface area (Å²) >= 11 is 0. The van der Waals surface area contributed by atoms with Crippen molar-refractivity contribution >= 4 is 0 Å². The van der Waals surface area contributed by atoms with Crippen LogP contribution in [0, 0.1) is 0 Å². The van der Waals surface area contributed by atoms with Gasteiger partial charge in [-0.05, 0) is 30.9 Å². The third-order valence-electron chi connectivity index (χ3n) is 3.19. The first-order valence-electron chi connectivity index (χ1n) is 5.68. The standard InChI is InChI=1S/C13H19NO/c1-15-13-9-12(7-8-14-10-13)11-5-3-2-4-6-11/h2-6,12-14H,7-10H2,1H3/t12-,13+/m0/s1. The second-order valence-electron chi connectivity index (χ2n) is 4.19. The van der Waals surface area contributed by atoms with Crippen molar-refractivity contribution in [3.8, 4) is 0 Å². The first-order valence-corrected chi connectivity index (χ1v) is 5.68. The van der Waals surface area contributed by atoms with E-state index in [9.17, 15) is 0 Å². The Morgan fingerprint density at radius 1 is 1.27 bits per heavy atom. The zero-order chi connectivity index (χ0) is 10.5. The molecule has 1 aliphatic rings. The molecule has 0 unspecified atom stereocenters. The second-order valence-corrected chi connectivity index (χ2v) is 4.19. The van der Waals surface area contributed by atoms with Crippen LogP contribution >= 0.6 is 0 Å². The molecule has 1 aliphatic heterocycles. The normalized spacial score (nSPS) is 27.3. The monoisotopic (exact) mass is 205 g/mol. The van der Waals surface area contributed by atoms with Crippen molar-refractivity contribution in [3.05, 3.63) is 35.9 Å². The molecule has 1 aromatic rings. The molecule has 2 atom stereocenters. The average molecular weight is 205 g/mol. The number of ether oxygens (including phenoxy) is 1. The minimum atomic E-state index is 0.359. The maximum Gasteiger partial charge on any atom is 0.0701 e. The molecule has 2 nitrogen and oxygen atoms in total. The summed E-state index contributed by atoms with van der Waals surface area (Å²) in [6, 6.07) is 10.8. The molecule has 0 aromatic heterocycles. The number of methoxy groups -OCH3 is 1. The predicted octanol–water partition coefficient (Wildman–Crippen LogP) is 2.17. The van der Waals surface area contributed by atoms with E-state index in [1.807, 2.05) is 0 Å². The van der Waals surface area contributed by atoms with Gasteiger partial charge in [-0.25, -0.2) is 0 Å². The summed E-state index contributed by atoms with van der Waals surface area (Å²) in [4.78, 5) is 0. The fourth-order valence-electron chi connectivity index (χ4n) is 2.27. The lowest BCUT2D eigenvalue weighted by atomic mass is 9.91. The number of nitrogens with one attached hydrogen (secondary N) is 1. The summed E-state index contributed by atoms with van der Waals surface area (Å²) in [7, 11) is 1.81. The highest BCUT2D eigenvalue weighted by molar-refractivity contribution is 5.20. The number of hydrogen-bond acceptors (Lipinski definition) is 2. The van der Waals surface area contributed by atoms with Crippen molar-refractivity contribution in [3.63, 3.8) is 0 Å². The van der Waals surface area contributed by atoms with Gasteiger partial charge >= 0.3 is 0 Å². The lowest BCUT2D eigenvalue weighted by Crippen LogP contribution is -2.25. The maximum absolute atomic E-state index is 5.46. The molecule has 0 bridgehead atoms. The van der Waals surface area contributed by atoms with E-state index in [4.69, 9.17) is 4.74 Å². The van der Waals surface area contributed by atoms with E-state index in [1.165, 1.54) is 12.0 Å². The van der Waals surface area contributed by atoms with Crippen molar-refractivity contribution < 1.29 is 4.74 Å². The number of benzene rings is 1. The molecule has 0 radical (unpaired) electrons. The van der Waals surface area contributed by atoms with Crippen LogP contribution in [0.5, 0.6) is 0 Å². The number of hydrogen-bond donors (Lipinski definition) is 1. The fraction of sp³-hybridized carbons (Fsp3) is 0.538. The molecule has 1 saturated heterocycles. The van der Waals surface area contributed by atoms with Crippen LogP contribution in [-0.2, 0) is 4.74 Å². The Morgan fingerprint density at radius 2 is 2.07 bits per heavy atom. The largest absolute Gasteiger partial charge is 0.380 e. The van der Waals surface area contributed by atoms with Crippen LogP contribution in [0.1, 0.15) is 24.3 Å². The molecular weight excluding hydrogens is 186 g/mol. The van der Waals surface area contributed by atoms with Crippen molar-refractivity contribution in [2.24, 2.45) is 0 Å². The SMILES string of the molecule is CO[C@H]1CNCC[C@H](c2ccccc2)C1. The summed E-state index contributed by atoms with van der Waals surface area (Å²) < 4.78 is 5.46. The van der Waals surface area contributed by atoms with Crippen molar-refractivity contribution in [1.82, 2.24) is 5.32 Å². The van der Waals surface area contributed by atoms with E-state index in [0.29, 0.717) is 12.0 Å². The molecule has 1 heterocycles.